The zero-order valence-electron chi connectivity index (χ0n) is 12.1. The number of allylic oxidation sites excluding steroid dienone is 1. The second kappa shape index (κ2) is 6.65. The quantitative estimate of drug-likeness (QED) is 0.604. The highest BCUT2D eigenvalue weighted by Gasteiger charge is 2.23. The standard InChI is InChI=1S/C15H18N2O3/c1-11-7-5-6-8-13(11)15(20)17(10-18)14(12(2)19)9-16(3)4/h5-10H,1-4H3/b14-9+. The smallest absolute Gasteiger partial charge is 0.265 e. The zero-order chi connectivity index (χ0) is 15.3. The van der Waals surface area contributed by atoms with E-state index in [0.717, 1.165) is 10.5 Å². The van der Waals surface area contributed by atoms with E-state index < -0.39 is 5.91 Å². The van der Waals surface area contributed by atoms with Gasteiger partial charge in [-0.15, -0.1) is 0 Å². The molecule has 0 bridgehead atoms. The number of imide groups is 1. The van der Waals surface area contributed by atoms with Crippen molar-refractivity contribution in [3.63, 3.8) is 0 Å². The number of hydrogen-bond acceptors (Lipinski definition) is 4. The third-order valence-electron chi connectivity index (χ3n) is 2.70. The molecule has 5 nitrogen and oxygen atoms in total. The lowest BCUT2D eigenvalue weighted by molar-refractivity contribution is -0.120. The molecule has 0 atom stereocenters. The predicted molar refractivity (Wildman–Crippen MR) is 75.9 cm³/mol. The molecular weight excluding hydrogens is 256 g/mol. The van der Waals surface area contributed by atoms with Crippen LogP contribution in [0.3, 0.4) is 0 Å². The van der Waals surface area contributed by atoms with Crippen molar-refractivity contribution in [3.05, 3.63) is 47.3 Å². The SMILES string of the molecule is CC(=O)/C(=C\N(C)C)N(C=O)C(=O)c1ccccc1C. The highest BCUT2D eigenvalue weighted by atomic mass is 16.2. The van der Waals surface area contributed by atoms with Crippen LogP contribution in [-0.2, 0) is 9.59 Å². The summed E-state index contributed by atoms with van der Waals surface area (Å²) in [6, 6.07) is 6.92. The van der Waals surface area contributed by atoms with E-state index in [0.29, 0.717) is 12.0 Å². The van der Waals surface area contributed by atoms with Gasteiger partial charge in [0.05, 0.1) is 0 Å². The van der Waals surface area contributed by atoms with Crippen molar-refractivity contribution in [2.75, 3.05) is 14.1 Å². The summed E-state index contributed by atoms with van der Waals surface area (Å²) >= 11 is 0. The number of rotatable bonds is 5. The molecule has 0 saturated heterocycles. The number of carbonyl (C=O) groups is 3. The van der Waals surface area contributed by atoms with E-state index in [2.05, 4.69) is 0 Å². The van der Waals surface area contributed by atoms with Crippen molar-refractivity contribution in [1.29, 1.82) is 0 Å². The highest BCUT2D eigenvalue weighted by molar-refractivity contribution is 6.08. The molecule has 20 heavy (non-hydrogen) atoms. The zero-order valence-corrected chi connectivity index (χ0v) is 12.1. The monoisotopic (exact) mass is 274 g/mol. The molecule has 0 unspecified atom stereocenters. The number of Topliss-reactive ketones (excluding diaryl/α,β-unsaturated/α-hetero) is 1. The maximum Gasteiger partial charge on any atom is 0.265 e. The topological polar surface area (TPSA) is 57.7 Å². The number of aryl methyl sites for hydroxylation is 1. The van der Waals surface area contributed by atoms with Gasteiger partial charge in [-0.3, -0.25) is 14.4 Å². The Kier molecular flexibility index (Phi) is 5.20. The van der Waals surface area contributed by atoms with Crippen LogP contribution in [0.4, 0.5) is 0 Å². The van der Waals surface area contributed by atoms with Gasteiger partial charge in [0.15, 0.2) is 5.78 Å². The molecule has 5 heteroatoms. The number of amides is 2. The molecule has 1 rings (SSSR count). The summed E-state index contributed by atoms with van der Waals surface area (Å²) in [5.74, 6) is -0.867. The third-order valence-corrected chi connectivity index (χ3v) is 2.70. The van der Waals surface area contributed by atoms with Gasteiger partial charge in [-0.25, -0.2) is 4.90 Å². The fourth-order valence-corrected chi connectivity index (χ4v) is 1.72. The largest absolute Gasteiger partial charge is 0.382 e. The van der Waals surface area contributed by atoms with Gasteiger partial charge in [0, 0.05) is 32.8 Å². The van der Waals surface area contributed by atoms with E-state index in [1.165, 1.54) is 13.1 Å². The van der Waals surface area contributed by atoms with Gasteiger partial charge in [-0.2, -0.15) is 0 Å². The van der Waals surface area contributed by atoms with Gasteiger partial charge in [-0.05, 0) is 18.6 Å². The Hall–Kier alpha value is -2.43. The fraction of sp³-hybridized carbons (Fsp3) is 0.267. The van der Waals surface area contributed by atoms with E-state index >= 15 is 0 Å². The lowest BCUT2D eigenvalue weighted by Crippen LogP contribution is -2.33. The van der Waals surface area contributed by atoms with Gasteiger partial charge in [0.2, 0.25) is 6.41 Å². The Morgan fingerprint density at radius 3 is 2.20 bits per heavy atom. The highest BCUT2D eigenvalue weighted by Crippen LogP contribution is 2.14. The van der Waals surface area contributed by atoms with Gasteiger partial charge < -0.3 is 4.90 Å². The van der Waals surface area contributed by atoms with E-state index in [1.807, 2.05) is 0 Å². The maximum absolute atomic E-state index is 12.4. The average Bonchev–Trinajstić information content (AvgIpc) is 2.38. The first kappa shape index (κ1) is 15.6. The molecule has 0 saturated carbocycles. The molecule has 106 valence electrons. The molecule has 0 spiro atoms. The van der Waals surface area contributed by atoms with Crippen molar-refractivity contribution < 1.29 is 14.4 Å². The molecule has 0 N–H and O–H groups in total. The first-order chi connectivity index (χ1) is 9.38. The number of benzene rings is 1. The molecule has 1 aromatic rings. The van der Waals surface area contributed by atoms with Crippen molar-refractivity contribution in [2.45, 2.75) is 13.8 Å². The Bertz CT molecular complexity index is 562. The number of carbonyl (C=O) groups excluding carboxylic acids is 3. The molecule has 0 heterocycles. The van der Waals surface area contributed by atoms with E-state index in [1.54, 1.807) is 50.2 Å². The predicted octanol–water partition coefficient (Wildman–Crippen LogP) is 1.59. The summed E-state index contributed by atoms with van der Waals surface area (Å²) in [6.07, 6.45) is 1.82. The van der Waals surface area contributed by atoms with Crippen LogP contribution in [0.2, 0.25) is 0 Å². The van der Waals surface area contributed by atoms with Crippen LogP contribution >= 0.6 is 0 Å². The molecule has 0 aliphatic carbocycles. The van der Waals surface area contributed by atoms with Crippen LogP contribution in [0.5, 0.6) is 0 Å². The summed E-state index contributed by atoms with van der Waals surface area (Å²) in [6.45, 7) is 3.09. The number of hydrogen-bond donors (Lipinski definition) is 0. The Morgan fingerprint density at radius 2 is 1.75 bits per heavy atom. The fourth-order valence-electron chi connectivity index (χ4n) is 1.72. The molecular formula is C15H18N2O3. The van der Waals surface area contributed by atoms with E-state index in [-0.39, 0.29) is 11.5 Å². The third kappa shape index (κ3) is 3.54. The second-order valence-corrected chi connectivity index (χ2v) is 4.63. The first-order valence-corrected chi connectivity index (χ1v) is 6.12. The number of nitrogens with zero attached hydrogens (tertiary/aromatic N) is 2. The van der Waals surface area contributed by atoms with Gasteiger partial charge in [0.25, 0.3) is 5.91 Å². The molecule has 1 aromatic carbocycles. The van der Waals surface area contributed by atoms with Crippen molar-refractivity contribution in [3.8, 4) is 0 Å². The first-order valence-electron chi connectivity index (χ1n) is 6.12. The number of ketones is 1. The molecule has 0 fully saturated rings. The van der Waals surface area contributed by atoms with Gasteiger partial charge in [0.1, 0.15) is 5.70 Å². The molecule has 0 radical (unpaired) electrons. The maximum atomic E-state index is 12.4. The minimum absolute atomic E-state index is 0.0400. The summed E-state index contributed by atoms with van der Waals surface area (Å²) in [5.41, 5.74) is 1.18. The minimum atomic E-state index is -0.513. The second-order valence-electron chi connectivity index (χ2n) is 4.63. The Morgan fingerprint density at radius 1 is 1.15 bits per heavy atom. The van der Waals surface area contributed by atoms with E-state index in [9.17, 15) is 14.4 Å². The van der Waals surface area contributed by atoms with Crippen molar-refractivity contribution in [1.82, 2.24) is 9.80 Å². The van der Waals surface area contributed by atoms with Crippen LogP contribution in [-0.4, -0.2) is 42.0 Å². The van der Waals surface area contributed by atoms with Gasteiger partial charge >= 0.3 is 0 Å². The van der Waals surface area contributed by atoms with Crippen molar-refractivity contribution >= 4 is 18.1 Å². The van der Waals surface area contributed by atoms with Crippen LogP contribution in [0.1, 0.15) is 22.8 Å². The Balaban J connectivity index is 3.25. The average molecular weight is 274 g/mol. The van der Waals surface area contributed by atoms with Crippen molar-refractivity contribution in [2.24, 2.45) is 0 Å². The summed E-state index contributed by atoms with van der Waals surface area (Å²) < 4.78 is 0. The summed E-state index contributed by atoms with van der Waals surface area (Å²) in [4.78, 5) is 37.8. The molecule has 0 aliphatic heterocycles. The lowest BCUT2D eigenvalue weighted by atomic mass is 10.1. The van der Waals surface area contributed by atoms with Gasteiger partial charge in [-0.1, -0.05) is 18.2 Å². The molecule has 0 aliphatic rings. The summed E-state index contributed by atoms with van der Waals surface area (Å²) in [7, 11) is 3.42. The normalized spacial score (nSPS) is 10.9. The van der Waals surface area contributed by atoms with E-state index in [4.69, 9.17) is 0 Å². The Labute approximate surface area is 118 Å². The molecule has 2 amide bonds. The molecule has 0 aromatic heterocycles. The van der Waals surface area contributed by atoms with Crippen LogP contribution in [0.25, 0.3) is 0 Å². The van der Waals surface area contributed by atoms with Crippen LogP contribution in [0.15, 0.2) is 36.2 Å². The minimum Gasteiger partial charge on any atom is -0.382 e. The van der Waals surface area contributed by atoms with Crippen LogP contribution in [0, 0.1) is 6.92 Å². The lowest BCUT2D eigenvalue weighted by Gasteiger charge is -2.19. The summed E-state index contributed by atoms with van der Waals surface area (Å²) in [5, 5.41) is 0. The van der Waals surface area contributed by atoms with Crippen LogP contribution < -0.4 is 0 Å².